The predicted molar refractivity (Wildman–Crippen MR) is 103 cm³/mol. The quantitative estimate of drug-likeness (QED) is 0.624. The first kappa shape index (κ1) is 19.6. The summed E-state index contributed by atoms with van der Waals surface area (Å²) in [5.41, 5.74) is 1.34. The van der Waals surface area contributed by atoms with E-state index in [2.05, 4.69) is 10.5 Å². The number of carbonyl (C=O) groups is 1. The number of nitrogens with zero attached hydrogens (tertiary/aromatic N) is 1. The van der Waals surface area contributed by atoms with Crippen LogP contribution < -0.4 is 10.1 Å². The molecular weight excluding hydrogens is 380 g/mol. The Labute approximate surface area is 163 Å². The van der Waals surface area contributed by atoms with Crippen LogP contribution in [-0.4, -0.2) is 32.3 Å². The summed E-state index contributed by atoms with van der Waals surface area (Å²) in [4.78, 5) is 12.2. The summed E-state index contributed by atoms with van der Waals surface area (Å²) in [7, 11) is -1.90. The third-order valence-electron chi connectivity index (χ3n) is 4.08. The molecule has 0 saturated heterocycles. The van der Waals surface area contributed by atoms with Crippen molar-refractivity contribution in [2.24, 2.45) is 0 Å². The van der Waals surface area contributed by atoms with Crippen molar-refractivity contribution < 1.29 is 22.5 Å². The zero-order chi connectivity index (χ0) is 20.0. The SMILES string of the molecule is COc1cccc(-c2cc(CNC(=O)CCS(=O)(=O)c3ccccc3)no2)c1. The van der Waals surface area contributed by atoms with E-state index in [4.69, 9.17) is 9.26 Å². The molecule has 1 aromatic heterocycles. The first-order valence-electron chi connectivity index (χ1n) is 8.62. The fourth-order valence-corrected chi connectivity index (χ4v) is 3.82. The van der Waals surface area contributed by atoms with E-state index in [0.29, 0.717) is 17.2 Å². The number of benzene rings is 2. The highest BCUT2D eigenvalue weighted by molar-refractivity contribution is 7.91. The number of rotatable bonds is 8. The van der Waals surface area contributed by atoms with Crippen molar-refractivity contribution in [3.8, 4) is 17.1 Å². The number of carbonyl (C=O) groups excluding carboxylic acids is 1. The summed E-state index contributed by atoms with van der Waals surface area (Å²) in [5.74, 6) is 0.625. The maximum Gasteiger partial charge on any atom is 0.221 e. The molecule has 2 aromatic carbocycles. The number of nitrogens with one attached hydrogen (secondary N) is 1. The zero-order valence-corrected chi connectivity index (χ0v) is 16.1. The van der Waals surface area contributed by atoms with Gasteiger partial charge in [0.2, 0.25) is 5.91 Å². The Morgan fingerprint density at radius 3 is 2.64 bits per heavy atom. The van der Waals surface area contributed by atoms with Crippen LogP contribution in [0, 0.1) is 0 Å². The number of hydrogen-bond donors (Lipinski definition) is 1. The van der Waals surface area contributed by atoms with Crippen molar-refractivity contribution >= 4 is 15.7 Å². The minimum absolute atomic E-state index is 0.127. The number of sulfone groups is 1. The Kier molecular flexibility index (Phi) is 6.10. The van der Waals surface area contributed by atoms with Gasteiger partial charge in [-0.2, -0.15) is 0 Å². The Bertz CT molecular complexity index is 1050. The number of hydrogen-bond acceptors (Lipinski definition) is 6. The van der Waals surface area contributed by atoms with Crippen LogP contribution in [-0.2, 0) is 21.2 Å². The van der Waals surface area contributed by atoms with Crippen LogP contribution in [0.15, 0.2) is 70.1 Å². The van der Waals surface area contributed by atoms with Gasteiger partial charge in [-0.05, 0) is 24.3 Å². The average molecular weight is 400 g/mol. The molecule has 0 bridgehead atoms. The van der Waals surface area contributed by atoms with Gasteiger partial charge in [0, 0.05) is 18.1 Å². The molecule has 0 aliphatic carbocycles. The second-order valence-corrected chi connectivity index (χ2v) is 8.18. The van der Waals surface area contributed by atoms with E-state index in [1.165, 1.54) is 12.1 Å². The van der Waals surface area contributed by atoms with E-state index in [9.17, 15) is 13.2 Å². The molecule has 3 rings (SSSR count). The Morgan fingerprint density at radius 1 is 1.11 bits per heavy atom. The summed E-state index contributed by atoms with van der Waals surface area (Å²) in [6.45, 7) is 0.150. The lowest BCUT2D eigenvalue weighted by atomic mass is 10.1. The first-order chi connectivity index (χ1) is 13.5. The van der Waals surface area contributed by atoms with Crippen molar-refractivity contribution in [1.29, 1.82) is 0 Å². The van der Waals surface area contributed by atoms with Gasteiger partial charge in [0.25, 0.3) is 0 Å². The molecule has 3 aromatic rings. The van der Waals surface area contributed by atoms with Crippen LogP contribution >= 0.6 is 0 Å². The molecule has 0 aliphatic heterocycles. The fraction of sp³-hybridized carbons (Fsp3) is 0.200. The molecule has 0 atom stereocenters. The van der Waals surface area contributed by atoms with Crippen LogP contribution in [0.25, 0.3) is 11.3 Å². The summed E-state index contributed by atoms with van der Waals surface area (Å²) in [6, 6.07) is 17.1. The van der Waals surface area contributed by atoms with Crippen molar-refractivity contribution in [2.45, 2.75) is 17.9 Å². The highest BCUT2D eigenvalue weighted by Gasteiger charge is 2.16. The summed E-state index contributed by atoms with van der Waals surface area (Å²) in [5, 5.41) is 6.59. The second kappa shape index (κ2) is 8.71. The lowest BCUT2D eigenvalue weighted by Gasteiger charge is -2.05. The van der Waals surface area contributed by atoms with Gasteiger partial charge in [-0.25, -0.2) is 8.42 Å². The van der Waals surface area contributed by atoms with Gasteiger partial charge in [0.1, 0.15) is 11.4 Å². The standard InChI is InChI=1S/C20H20N2O5S/c1-26-17-7-5-6-15(12-17)19-13-16(22-27-19)14-21-20(23)10-11-28(24,25)18-8-3-2-4-9-18/h2-9,12-13H,10-11,14H2,1H3,(H,21,23). The first-order valence-corrected chi connectivity index (χ1v) is 10.3. The molecule has 0 unspecified atom stereocenters. The highest BCUT2D eigenvalue weighted by Crippen LogP contribution is 2.24. The molecular formula is C20H20N2O5S. The van der Waals surface area contributed by atoms with Gasteiger partial charge >= 0.3 is 0 Å². The van der Waals surface area contributed by atoms with Crippen molar-refractivity contribution in [1.82, 2.24) is 10.5 Å². The summed E-state index contributed by atoms with van der Waals surface area (Å²) >= 11 is 0. The highest BCUT2D eigenvalue weighted by atomic mass is 32.2. The van der Waals surface area contributed by atoms with Crippen LogP contribution in [0.2, 0.25) is 0 Å². The minimum Gasteiger partial charge on any atom is -0.497 e. The molecule has 0 fully saturated rings. The molecule has 0 spiro atoms. The molecule has 8 heteroatoms. The van der Waals surface area contributed by atoms with Crippen LogP contribution in [0.1, 0.15) is 12.1 Å². The number of aromatic nitrogens is 1. The third-order valence-corrected chi connectivity index (χ3v) is 5.81. The normalized spacial score (nSPS) is 11.2. The van der Waals surface area contributed by atoms with E-state index in [-0.39, 0.29) is 29.5 Å². The van der Waals surface area contributed by atoms with Crippen LogP contribution in [0.3, 0.4) is 0 Å². The minimum atomic E-state index is -3.48. The van der Waals surface area contributed by atoms with Gasteiger partial charge in [-0.15, -0.1) is 0 Å². The number of ether oxygens (including phenoxy) is 1. The molecule has 0 aliphatic rings. The molecule has 1 heterocycles. The fourth-order valence-electron chi connectivity index (χ4n) is 2.56. The van der Waals surface area contributed by atoms with Crippen molar-refractivity contribution in [2.75, 3.05) is 12.9 Å². The lowest BCUT2D eigenvalue weighted by Crippen LogP contribution is -2.25. The number of methoxy groups -OCH3 is 1. The molecule has 1 N–H and O–H groups in total. The van der Waals surface area contributed by atoms with Gasteiger partial charge in [-0.1, -0.05) is 35.5 Å². The van der Waals surface area contributed by atoms with Gasteiger partial charge in [0.15, 0.2) is 15.6 Å². The Hall–Kier alpha value is -3.13. The Morgan fingerprint density at radius 2 is 1.89 bits per heavy atom. The van der Waals surface area contributed by atoms with Crippen LogP contribution in [0.4, 0.5) is 0 Å². The lowest BCUT2D eigenvalue weighted by molar-refractivity contribution is -0.120. The summed E-state index contributed by atoms with van der Waals surface area (Å²) in [6.07, 6.45) is -0.127. The van der Waals surface area contributed by atoms with Gasteiger partial charge in [0.05, 0.1) is 24.3 Å². The van der Waals surface area contributed by atoms with Gasteiger partial charge < -0.3 is 14.6 Å². The largest absolute Gasteiger partial charge is 0.497 e. The van der Waals surface area contributed by atoms with Gasteiger partial charge in [-0.3, -0.25) is 4.79 Å². The molecule has 0 radical (unpaired) electrons. The predicted octanol–water partition coefficient (Wildman–Crippen LogP) is 2.83. The zero-order valence-electron chi connectivity index (χ0n) is 15.3. The van der Waals surface area contributed by atoms with E-state index >= 15 is 0 Å². The smallest absolute Gasteiger partial charge is 0.221 e. The van der Waals surface area contributed by atoms with E-state index in [1.807, 2.05) is 24.3 Å². The molecule has 146 valence electrons. The van der Waals surface area contributed by atoms with Crippen LogP contribution in [0.5, 0.6) is 5.75 Å². The van der Waals surface area contributed by atoms with E-state index in [0.717, 1.165) is 5.56 Å². The molecule has 28 heavy (non-hydrogen) atoms. The number of amides is 1. The van der Waals surface area contributed by atoms with E-state index in [1.54, 1.807) is 31.4 Å². The topological polar surface area (TPSA) is 98.5 Å². The Balaban J connectivity index is 1.53. The summed E-state index contributed by atoms with van der Waals surface area (Å²) < 4.78 is 34.9. The molecule has 1 amide bonds. The maximum absolute atomic E-state index is 12.2. The molecule has 0 saturated carbocycles. The second-order valence-electron chi connectivity index (χ2n) is 6.07. The van der Waals surface area contributed by atoms with Crippen molar-refractivity contribution in [3.05, 3.63) is 66.4 Å². The third kappa shape index (κ3) is 4.98. The van der Waals surface area contributed by atoms with Crippen molar-refractivity contribution in [3.63, 3.8) is 0 Å². The maximum atomic E-state index is 12.2. The van der Waals surface area contributed by atoms with E-state index < -0.39 is 9.84 Å². The molecule has 7 nitrogen and oxygen atoms in total. The monoisotopic (exact) mass is 400 g/mol. The average Bonchev–Trinajstić information content (AvgIpc) is 3.21.